The fraction of sp³-hybridized carbons (Fsp3) is 0.250. The van der Waals surface area contributed by atoms with E-state index in [0.717, 1.165) is 33.8 Å². The van der Waals surface area contributed by atoms with E-state index >= 15 is 0 Å². The summed E-state index contributed by atoms with van der Waals surface area (Å²) in [6.07, 6.45) is 2.44. The molecule has 1 fully saturated rings. The summed E-state index contributed by atoms with van der Waals surface area (Å²) in [5.41, 5.74) is 4.93. The minimum absolute atomic E-state index is 0.196. The van der Waals surface area contributed by atoms with Gasteiger partial charge in [-0.1, -0.05) is 17.3 Å². The zero-order chi connectivity index (χ0) is 23.4. The molecule has 4 aromatic rings. The van der Waals surface area contributed by atoms with E-state index in [4.69, 9.17) is 0 Å². The number of piperidine rings is 1. The Hall–Kier alpha value is -4.34. The molecule has 1 saturated heterocycles. The molecule has 2 aromatic carbocycles. The van der Waals surface area contributed by atoms with Gasteiger partial charge in [0.15, 0.2) is 0 Å². The van der Waals surface area contributed by atoms with Crippen molar-refractivity contribution in [2.75, 3.05) is 0 Å². The Morgan fingerprint density at radius 2 is 1.97 bits per heavy atom. The van der Waals surface area contributed by atoms with Gasteiger partial charge in [-0.25, -0.2) is 9.67 Å². The monoisotopic (exact) mass is 455 g/mol. The van der Waals surface area contributed by atoms with Gasteiger partial charge in [0.25, 0.3) is 5.91 Å². The van der Waals surface area contributed by atoms with Gasteiger partial charge in [-0.15, -0.1) is 5.10 Å². The number of para-hydroxylation sites is 2. The molecule has 6 rings (SSSR count). The van der Waals surface area contributed by atoms with Gasteiger partial charge < -0.3 is 9.47 Å². The molecule has 0 aliphatic carbocycles. The number of aromatic nitrogens is 5. The predicted molar refractivity (Wildman–Crippen MR) is 121 cm³/mol. The summed E-state index contributed by atoms with van der Waals surface area (Å²) in [5, 5.41) is 10.9. The Kier molecular flexibility index (Phi) is 4.54. The standard InChI is InChI=1S/C24H21N7O3/c1-14-25-19-4-2-3-5-20(19)29(14)12-16-13-31(28-27-16)17-6-7-18-15(10-17)11-30(24(18)34)21-8-9-22(32)26-23(21)33/h2-7,10,13,21H,8-9,11-12H2,1H3,(H,26,32,33). The lowest BCUT2D eigenvalue weighted by Crippen LogP contribution is -2.52. The highest BCUT2D eigenvalue weighted by molar-refractivity contribution is 6.05. The average molecular weight is 455 g/mol. The molecule has 10 heteroatoms. The molecule has 34 heavy (non-hydrogen) atoms. The van der Waals surface area contributed by atoms with Crippen LogP contribution in [0, 0.1) is 6.92 Å². The first-order valence-corrected chi connectivity index (χ1v) is 11.1. The normalized spacial score (nSPS) is 18.0. The summed E-state index contributed by atoms with van der Waals surface area (Å²) in [5.74, 6) is -0.00689. The molecule has 2 aromatic heterocycles. The van der Waals surface area contributed by atoms with Gasteiger partial charge in [-0.05, 0) is 49.2 Å². The molecule has 0 radical (unpaired) electrons. The third kappa shape index (κ3) is 3.26. The molecule has 4 heterocycles. The smallest absolute Gasteiger partial charge is 0.255 e. The second-order valence-corrected chi connectivity index (χ2v) is 8.63. The van der Waals surface area contributed by atoms with Crippen LogP contribution in [0.1, 0.15) is 40.3 Å². The Balaban J connectivity index is 1.24. The summed E-state index contributed by atoms with van der Waals surface area (Å²) in [6.45, 7) is 2.82. The number of fused-ring (bicyclic) bond motifs is 2. The lowest BCUT2D eigenvalue weighted by molar-refractivity contribution is -0.136. The van der Waals surface area contributed by atoms with Crippen molar-refractivity contribution in [3.05, 3.63) is 71.3 Å². The van der Waals surface area contributed by atoms with Gasteiger partial charge in [-0.3, -0.25) is 19.7 Å². The van der Waals surface area contributed by atoms with Crippen LogP contribution in [0.2, 0.25) is 0 Å². The largest absolute Gasteiger partial charge is 0.322 e. The highest BCUT2D eigenvalue weighted by Crippen LogP contribution is 2.29. The van der Waals surface area contributed by atoms with Crippen LogP contribution in [-0.4, -0.2) is 53.2 Å². The summed E-state index contributed by atoms with van der Waals surface area (Å²) in [4.78, 5) is 42.8. The first-order valence-electron chi connectivity index (χ1n) is 11.1. The Bertz CT molecular complexity index is 1480. The molecule has 1 atom stereocenters. The van der Waals surface area contributed by atoms with Crippen molar-refractivity contribution in [2.45, 2.75) is 38.9 Å². The number of benzene rings is 2. The van der Waals surface area contributed by atoms with Gasteiger partial charge >= 0.3 is 0 Å². The number of nitrogens with one attached hydrogen (secondary N) is 1. The van der Waals surface area contributed by atoms with E-state index in [0.29, 0.717) is 25.1 Å². The van der Waals surface area contributed by atoms with Crippen LogP contribution in [0.3, 0.4) is 0 Å². The van der Waals surface area contributed by atoms with E-state index in [2.05, 4.69) is 25.2 Å². The van der Waals surface area contributed by atoms with E-state index in [1.54, 1.807) is 10.7 Å². The Morgan fingerprint density at radius 1 is 1.12 bits per heavy atom. The number of carbonyl (C=O) groups excluding carboxylic acids is 3. The summed E-state index contributed by atoms with van der Waals surface area (Å²) in [7, 11) is 0. The third-order valence-electron chi connectivity index (χ3n) is 6.48. The first-order chi connectivity index (χ1) is 16.5. The van der Waals surface area contributed by atoms with Gasteiger partial charge in [0, 0.05) is 18.5 Å². The number of rotatable bonds is 4. The van der Waals surface area contributed by atoms with E-state index in [9.17, 15) is 14.4 Å². The van der Waals surface area contributed by atoms with Gasteiger partial charge in [0.2, 0.25) is 11.8 Å². The van der Waals surface area contributed by atoms with Crippen molar-refractivity contribution >= 4 is 28.8 Å². The van der Waals surface area contributed by atoms with Crippen molar-refractivity contribution in [1.82, 2.24) is 34.8 Å². The van der Waals surface area contributed by atoms with Crippen molar-refractivity contribution in [2.24, 2.45) is 0 Å². The lowest BCUT2D eigenvalue weighted by Gasteiger charge is -2.29. The molecule has 170 valence electrons. The highest BCUT2D eigenvalue weighted by atomic mass is 16.2. The summed E-state index contributed by atoms with van der Waals surface area (Å²) in [6, 6.07) is 12.8. The molecule has 2 aliphatic heterocycles. The number of carbonyl (C=O) groups is 3. The Morgan fingerprint density at radius 3 is 2.82 bits per heavy atom. The quantitative estimate of drug-likeness (QED) is 0.469. The summed E-state index contributed by atoms with van der Waals surface area (Å²) >= 11 is 0. The third-order valence-corrected chi connectivity index (χ3v) is 6.48. The number of imide groups is 1. The van der Waals surface area contributed by atoms with Gasteiger partial charge in [0.05, 0.1) is 29.5 Å². The molecular formula is C24H21N7O3. The maximum atomic E-state index is 12.9. The van der Waals surface area contributed by atoms with Gasteiger partial charge in [-0.2, -0.15) is 0 Å². The number of amides is 3. The zero-order valence-electron chi connectivity index (χ0n) is 18.4. The van der Waals surface area contributed by atoms with E-state index in [-0.39, 0.29) is 18.2 Å². The molecule has 3 amide bonds. The molecule has 2 aliphatic rings. The predicted octanol–water partition coefficient (Wildman–Crippen LogP) is 1.73. The average Bonchev–Trinajstić information content (AvgIpc) is 3.51. The zero-order valence-corrected chi connectivity index (χ0v) is 18.4. The number of nitrogens with zero attached hydrogens (tertiary/aromatic N) is 6. The van der Waals surface area contributed by atoms with E-state index in [1.807, 2.05) is 49.5 Å². The molecule has 0 spiro atoms. The number of hydrogen-bond acceptors (Lipinski definition) is 6. The molecular weight excluding hydrogens is 434 g/mol. The van der Waals surface area contributed by atoms with Crippen LogP contribution in [0.25, 0.3) is 16.7 Å². The number of imidazole rings is 1. The van der Waals surface area contributed by atoms with Crippen LogP contribution >= 0.6 is 0 Å². The van der Waals surface area contributed by atoms with Crippen molar-refractivity contribution in [3.63, 3.8) is 0 Å². The molecule has 0 saturated carbocycles. The fourth-order valence-corrected chi connectivity index (χ4v) is 4.76. The maximum Gasteiger partial charge on any atom is 0.255 e. The number of aryl methyl sites for hydroxylation is 1. The van der Waals surface area contributed by atoms with Crippen LogP contribution in [-0.2, 0) is 22.7 Å². The minimum Gasteiger partial charge on any atom is -0.322 e. The van der Waals surface area contributed by atoms with Crippen molar-refractivity contribution in [1.29, 1.82) is 0 Å². The van der Waals surface area contributed by atoms with Crippen LogP contribution in [0.15, 0.2) is 48.7 Å². The van der Waals surface area contributed by atoms with E-state index in [1.165, 1.54) is 4.90 Å². The van der Waals surface area contributed by atoms with Gasteiger partial charge in [0.1, 0.15) is 17.6 Å². The van der Waals surface area contributed by atoms with Crippen molar-refractivity contribution < 1.29 is 14.4 Å². The maximum absolute atomic E-state index is 12.9. The molecule has 1 unspecified atom stereocenters. The second kappa shape index (κ2) is 7.62. The van der Waals surface area contributed by atoms with E-state index < -0.39 is 11.9 Å². The van der Waals surface area contributed by atoms with Crippen LogP contribution in [0.4, 0.5) is 0 Å². The number of hydrogen-bond donors (Lipinski definition) is 1. The topological polar surface area (TPSA) is 115 Å². The lowest BCUT2D eigenvalue weighted by atomic mass is 10.0. The fourth-order valence-electron chi connectivity index (χ4n) is 4.76. The van der Waals surface area contributed by atoms with Crippen LogP contribution < -0.4 is 5.32 Å². The van der Waals surface area contributed by atoms with Crippen LogP contribution in [0.5, 0.6) is 0 Å². The Labute approximate surface area is 194 Å². The first kappa shape index (κ1) is 20.3. The minimum atomic E-state index is -0.632. The molecule has 0 bridgehead atoms. The second-order valence-electron chi connectivity index (χ2n) is 8.63. The SMILES string of the molecule is Cc1nc2ccccc2n1Cc1cn(-c2ccc3c(c2)CN(C2CCC(=O)NC2=O)C3=O)nn1. The molecule has 1 N–H and O–H groups in total. The highest BCUT2D eigenvalue weighted by Gasteiger charge is 2.39. The summed E-state index contributed by atoms with van der Waals surface area (Å²) < 4.78 is 3.78. The molecule has 10 nitrogen and oxygen atoms in total. The van der Waals surface area contributed by atoms with Crippen molar-refractivity contribution in [3.8, 4) is 5.69 Å².